The standard InChI is InChI=1S/C17H16FNO/c1-12-3-7-16(8-4-12)20-11-15-9-13-5-6-14(18)10-17(13)19(15)2/h3-10H,11H2,1-2H3. The largest absolute Gasteiger partial charge is 0.487 e. The summed E-state index contributed by atoms with van der Waals surface area (Å²) in [6.07, 6.45) is 0. The van der Waals surface area contributed by atoms with E-state index in [4.69, 9.17) is 4.74 Å². The quantitative estimate of drug-likeness (QED) is 0.695. The topological polar surface area (TPSA) is 14.2 Å². The molecule has 2 aromatic carbocycles. The van der Waals surface area contributed by atoms with Crippen molar-refractivity contribution in [2.75, 3.05) is 0 Å². The van der Waals surface area contributed by atoms with E-state index in [2.05, 4.69) is 0 Å². The first-order valence-corrected chi connectivity index (χ1v) is 6.57. The molecule has 0 aliphatic rings. The Morgan fingerprint density at radius 2 is 1.80 bits per heavy atom. The molecule has 3 heteroatoms. The van der Waals surface area contributed by atoms with Gasteiger partial charge in [-0.25, -0.2) is 4.39 Å². The Morgan fingerprint density at radius 1 is 1.05 bits per heavy atom. The Labute approximate surface area is 117 Å². The highest BCUT2D eigenvalue weighted by atomic mass is 19.1. The molecule has 2 nitrogen and oxygen atoms in total. The second kappa shape index (κ2) is 5.00. The minimum absolute atomic E-state index is 0.218. The van der Waals surface area contributed by atoms with E-state index >= 15 is 0 Å². The molecular weight excluding hydrogens is 253 g/mol. The first-order valence-electron chi connectivity index (χ1n) is 6.57. The van der Waals surface area contributed by atoms with Gasteiger partial charge in [-0.15, -0.1) is 0 Å². The van der Waals surface area contributed by atoms with Crippen molar-refractivity contribution in [3.05, 3.63) is 65.6 Å². The SMILES string of the molecule is Cc1ccc(OCc2cc3ccc(F)cc3n2C)cc1. The average Bonchev–Trinajstić information content (AvgIpc) is 2.75. The molecule has 3 aromatic rings. The van der Waals surface area contributed by atoms with Gasteiger partial charge in [-0.05, 0) is 43.3 Å². The van der Waals surface area contributed by atoms with Gasteiger partial charge in [0.25, 0.3) is 0 Å². The second-order valence-electron chi connectivity index (χ2n) is 5.00. The number of fused-ring (bicyclic) bond motifs is 1. The summed E-state index contributed by atoms with van der Waals surface area (Å²) >= 11 is 0. The molecule has 0 saturated heterocycles. The number of hydrogen-bond donors (Lipinski definition) is 0. The lowest BCUT2D eigenvalue weighted by molar-refractivity contribution is 0.297. The highest BCUT2D eigenvalue weighted by Crippen LogP contribution is 2.21. The van der Waals surface area contributed by atoms with Crippen LogP contribution in [0.4, 0.5) is 4.39 Å². The van der Waals surface area contributed by atoms with E-state index in [9.17, 15) is 4.39 Å². The normalized spacial score (nSPS) is 10.9. The van der Waals surface area contributed by atoms with E-state index in [-0.39, 0.29) is 5.82 Å². The molecule has 20 heavy (non-hydrogen) atoms. The lowest BCUT2D eigenvalue weighted by Gasteiger charge is -2.07. The molecule has 0 spiro atoms. The molecule has 3 rings (SSSR count). The van der Waals surface area contributed by atoms with Crippen molar-refractivity contribution in [3.63, 3.8) is 0 Å². The number of halogens is 1. The van der Waals surface area contributed by atoms with Crippen molar-refractivity contribution in [2.24, 2.45) is 7.05 Å². The van der Waals surface area contributed by atoms with E-state index in [1.54, 1.807) is 12.1 Å². The molecule has 0 radical (unpaired) electrons. The number of aromatic nitrogens is 1. The molecule has 0 bridgehead atoms. The minimum atomic E-state index is -0.218. The van der Waals surface area contributed by atoms with Crippen molar-refractivity contribution in [1.82, 2.24) is 4.57 Å². The zero-order chi connectivity index (χ0) is 14.1. The Bertz CT molecular complexity index is 744. The van der Waals surface area contributed by atoms with Crippen LogP contribution in [0.1, 0.15) is 11.3 Å². The molecule has 1 heterocycles. The number of nitrogens with zero attached hydrogens (tertiary/aromatic N) is 1. The van der Waals surface area contributed by atoms with Crippen molar-refractivity contribution < 1.29 is 9.13 Å². The first kappa shape index (κ1) is 12.7. The van der Waals surface area contributed by atoms with Crippen LogP contribution in [0.15, 0.2) is 48.5 Å². The third-order valence-corrected chi connectivity index (χ3v) is 3.51. The summed E-state index contributed by atoms with van der Waals surface area (Å²) in [7, 11) is 1.93. The molecule has 0 fully saturated rings. The number of hydrogen-bond acceptors (Lipinski definition) is 1. The van der Waals surface area contributed by atoms with E-state index in [1.165, 1.54) is 11.6 Å². The van der Waals surface area contributed by atoms with E-state index in [0.717, 1.165) is 22.3 Å². The van der Waals surface area contributed by atoms with Gasteiger partial charge in [-0.2, -0.15) is 0 Å². The van der Waals surface area contributed by atoms with Crippen LogP contribution in [0.5, 0.6) is 5.75 Å². The maximum absolute atomic E-state index is 13.3. The summed E-state index contributed by atoms with van der Waals surface area (Å²) in [6, 6.07) is 14.8. The Morgan fingerprint density at radius 3 is 2.55 bits per heavy atom. The predicted octanol–water partition coefficient (Wildman–Crippen LogP) is 4.20. The van der Waals surface area contributed by atoms with Crippen molar-refractivity contribution in [2.45, 2.75) is 13.5 Å². The lowest BCUT2D eigenvalue weighted by Crippen LogP contribution is -2.01. The zero-order valence-corrected chi connectivity index (χ0v) is 11.6. The van der Waals surface area contributed by atoms with Gasteiger partial charge >= 0.3 is 0 Å². The van der Waals surface area contributed by atoms with Crippen LogP contribution >= 0.6 is 0 Å². The Balaban J connectivity index is 1.84. The zero-order valence-electron chi connectivity index (χ0n) is 11.6. The molecule has 0 atom stereocenters. The molecule has 0 amide bonds. The molecular formula is C17H16FNO. The van der Waals surface area contributed by atoms with Gasteiger partial charge in [0, 0.05) is 12.4 Å². The van der Waals surface area contributed by atoms with Gasteiger partial charge in [-0.1, -0.05) is 17.7 Å². The minimum Gasteiger partial charge on any atom is -0.487 e. The molecule has 0 unspecified atom stereocenters. The fourth-order valence-electron chi connectivity index (χ4n) is 2.29. The highest BCUT2D eigenvalue weighted by molar-refractivity contribution is 5.81. The fraction of sp³-hybridized carbons (Fsp3) is 0.176. The number of benzene rings is 2. The fourth-order valence-corrected chi connectivity index (χ4v) is 2.29. The van der Waals surface area contributed by atoms with Gasteiger partial charge in [0.05, 0.1) is 11.2 Å². The van der Waals surface area contributed by atoms with Crippen LogP contribution in [0, 0.1) is 12.7 Å². The molecule has 0 aliphatic carbocycles. The third-order valence-electron chi connectivity index (χ3n) is 3.51. The number of rotatable bonds is 3. The van der Waals surface area contributed by atoms with Crippen LogP contribution in [-0.4, -0.2) is 4.57 Å². The average molecular weight is 269 g/mol. The van der Waals surface area contributed by atoms with Gasteiger partial charge in [-0.3, -0.25) is 0 Å². The number of ether oxygens (including phenoxy) is 1. The molecule has 0 aliphatic heterocycles. The van der Waals surface area contributed by atoms with Crippen LogP contribution in [0.25, 0.3) is 10.9 Å². The van der Waals surface area contributed by atoms with Crippen molar-refractivity contribution >= 4 is 10.9 Å². The summed E-state index contributed by atoms with van der Waals surface area (Å²) in [5, 5.41) is 1.02. The Kier molecular flexibility index (Phi) is 3.18. The second-order valence-corrected chi connectivity index (χ2v) is 5.00. The van der Waals surface area contributed by atoms with Crippen molar-refractivity contribution in [3.8, 4) is 5.75 Å². The van der Waals surface area contributed by atoms with Gasteiger partial charge in [0.15, 0.2) is 0 Å². The first-order chi connectivity index (χ1) is 9.63. The summed E-state index contributed by atoms with van der Waals surface area (Å²) in [5.41, 5.74) is 3.11. The van der Waals surface area contributed by atoms with Crippen molar-refractivity contribution in [1.29, 1.82) is 0 Å². The summed E-state index contributed by atoms with van der Waals surface area (Å²) in [5.74, 6) is 0.622. The van der Waals surface area contributed by atoms with Gasteiger partial charge in [0.2, 0.25) is 0 Å². The highest BCUT2D eigenvalue weighted by Gasteiger charge is 2.07. The van der Waals surface area contributed by atoms with Gasteiger partial charge in [0.1, 0.15) is 18.2 Å². The monoisotopic (exact) mass is 269 g/mol. The van der Waals surface area contributed by atoms with E-state index < -0.39 is 0 Å². The summed E-state index contributed by atoms with van der Waals surface area (Å²) < 4.78 is 21.0. The van der Waals surface area contributed by atoms with Crippen LogP contribution in [0.2, 0.25) is 0 Å². The smallest absolute Gasteiger partial charge is 0.128 e. The van der Waals surface area contributed by atoms with E-state index in [1.807, 2.05) is 48.9 Å². The molecule has 0 N–H and O–H groups in total. The third kappa shape index (κ3) is 2.39. The van der Waals surface area contributed by atoms with Crippen LogP contribution < -0.4 is 4.74 Å². The Hall–Kier alpha value is -2.29. The predicted molar refractivity (Wildman–Crippen MR) is 78.4 cm³/mol. The molecule has 102 valence electrons. The van der Waals surface area contributed by atoms with Crippen LogP contribution in [-0.2, 0) is 13.7 Å². The number of aryl methyl sites for hydroxylation is 2. The van der Waals surface area contributed by atoms with E-state index in [0.29, 0.717) is 6.61 Å². The lowest BCUT2D eigenvalue weighted by atomic mass is 10.2. The van der Waals surface area contributed by atoms with Crippen LogP contribution in [0.3, 0.4) is 0 Å². The summed E-state index contributed by atoms with van der Waals surface area (Å²) in [4.78, 5) is 0. The molecule has 0 saturated carbocycles. The maximum atomic E-state index is 13.3. The summed E-state index contributed by atoms with van der Waals surface area (Å²) in [6.45, 7) is 2.51. The molecule has 1 aromatic heterocycles. The maximum Gasteiger partial charge on any atom is 0.128 e. The van der Waals surface area contributed by atoms with Gasteiger partial charge < -0.3 is 9.30 Å².